The van der Waals surface area contributed by atoms with E-state index in [0.717, 1.165) is 13.1 Å². The normalized spacial score (nSPS) is 21.0. The molecule has 0 spiro atoms. The number of piperidine rings is 1. The summed E-state index contributed by atoms with van der Waals surface area (Å²) in [4.78, 5) is 2.45. The smallest absolute Gasteiger partial charge is 0.0245 e. The topological polar surface area (TPSA) is 29.3 Å². The van der Waals surface area contributed by atoms with E-state index >= 15 is 0 Å². The van der Waals surface area contributed by atoms with Crippen LogP contribution in [0.3, 0.4) is 0 Å². The highest BCUT2D eigenvalue weighted by molar-refractivity contribution is 9.10. The molecule has 17 heavy (non-hydrogen) atoms. The molecule has 2 rings (SSSR count). The molecule has 1 saturated heterocycles. The van der Waals surface area contributed by atoms with Crippen molar-refractivity contribution in [3.63, 3.8) is 0 Å². The molecular weight excluding hydrogens is 300 g/mol. The van der Waals surface area contributed by atoms with E-state index in [0.29, 0.717) is 6.04 Å². The van der Waals surface area contributed by atoms with E-state index in [4.69, 9.17) is 5.73 Å². The molecular formula is C13H20BrClN2. The van der Waals surface area contributed by atoms with Crippen LogP contribution in [0, 0.1) is 6.92 Å². The molecule has 0 aromatic heterocycles. The third-order valence-corrected chi connectivity index (χ3v) is 3.88. The van der Waals surface area contributed by atoms with Crippen LogP contribution in [-0.4, -0.2) is 24.0 Å². The van der Waals surface area contributed by atoms with Crippen LogP contribution in [0.15, 0.2) is 22.7 Å². The van der Waals surface area contributed by atoms with E-state index in [9.17, 15) is 0 Å². The van der Waals surface area contributed by atoms with Crippen LogP contribution in [0.1, 0.15) is 24.0 Å². The zero-order valence-electron chi connectivity index (χ0n) is 10.2. The van der Waals surface area contributed by atoms with E-state index in [2.05, 4.69) is 46.0 Å². The van der Waals surface area contributed by atoms with Gasteiger partial charge >= 0.3 is 0 Å². The second-order valence-electron chi connectivity index (χ2n) is 4.73. The maximum Gasteiger partial charge on any atom is 0.0245 e. The summed E-state index contributed by atoms with van der Waals surface area (Å²) in [7, 11) is 0. The van der Waals surface area contributed by atoms with Gasteiger partial charge in [0.15, 0.2) is 0 Å². The van der Waals surface area contributed by atoms with Crippen molar-refractivity contribution >= 4 is 28.3 Å². The van der Waals surface area contributed by atoms with Crippen molar-refractivity contribution in [3.05, 3.63) is 33.8 Å². The lowest BCUT2D eigenvalue weighted by Gasteiger charge is -2.30. The molecule has 1 aliphatic rings. The summed E-state index contributed by atoms with van der Waals surface area (Å²) in [6, 6.07) is 6.92. The van der Waals surface area contributed by atoms with E-state index in [1.54, 1.807) is 0 Å². The number of hydrogen-bond donors (Lipinski definition) is 1. The molecule has 1 aliphatic heterocycles. The molecule has 1 unspecified atom stereocenters. The minimum Gasteiger partial charge on any atom is -0.327 e. The highest BCUT2D eigenvalue weighted by atomic mass is 79.9. The van der Waals surface area contributed by atoms with Crippen molar-refractivity contribution < 1.29 is 0 Å². The summed E-state index contributed by atoms with van der Waals surface area (Å²) in [6.45, 7) is 5.33. The molecule has 0 radical (unpaired) electrons. The summed E-state index contributed by atoms with van der Waals surface area (Å²) in [5.74, 6) is 0. The third-order valence-electron chi connectivity index (χ3n) is 3.14. The van der Waals surface area contributed by atoms with E-state index in [1.165, 1.54) is 35.0 Å². The Labute approximate surface area is 118 Å². The highest BCUT2D eigenvalue weighted by Gasteiger charge is 2.17. The van der Waals surface area contributed by atoms with Crippen molar-refractivity contribution in [2.24, 2.45) is 5.73 Å². The van der Waals surface area contributed by atoms with Gasteiger partial charge in [-0.25, -0.2) is 0 Å². The van der Waals surface area contributed by atoms with Gasteiger partial charge in [-0.3, -0.25) is 4.90 Å². The predicted molar refractivity (Wildman–Crippen MR) is 78.6 cm³/mol. The Balaban J connectivity index is 0.00000144. The molecule has 1 atom stereocenters. The van der Waals surface area contributed by atoms with Crippen LogP contribution < -0.4 is 5.73 Å². The van der Waals surface area contributed by atoms with Crippen molar-refractivity contribution in [3.8, 4) is 0 Å². The summed E-state index contributed by atoms with van der Waals surface area (Å²) in [5, 5.41) is 0. The fourth-order valence-corrected chi connectivity index (χ4v) is 2.88. The maximum atomic E-state index is 5.99. The predicted octanol–water partition coefficient (Wildman–Crippen LogP) is 3.10. The second-order valence-corrected chi connectivity index (χ2v) is 5.59. The fraction of sp³-hybridized carbons (Fsp3) is 0.538. The average Bonchev–Trinajstić information content (AvgIpc) is 2.22. The third kappa shape index (κ3) is 4.25. The van der Waals surface area contributed by atoms with Crippen molar-refractivity contribution in [2.45, 2.75) is 32.4 Å². The molecule has 4 heteroatoms. The molecule has 0 amide bonds. The first-order valence-electron chi connectivity index (χ1n) is 5.88. The van der Waals surface area contributed by atoms with Gasteiger partial charge in [0.05, 0.1) is 0 Å². The zero-order chi connectivity index (χ0) is 11.5. The number of halogens is 2. The van der Waals surface area contributed by atoms with Crippen LogP contribution in [0.4, 0.5) is 0 Å². The van der Waals surface area contributed by atoms with Gasteiger partial charge in [0.2, 0.25) is 0 Å². The first-order valence-corrected chi connectivity index (χ1v) is 6.67. The molecule has 0 saturated carbocycles. The molecule has 1 fully saturated rings. The SMILES string of the molecule is Cc1ccc(CN2CCCC(N)C2)c(Br)c1.Cl. The fourth-order valence-electron chi connectivity index (χ4n) is 2.26. The molecule has 1 heterocycles. The molecule has 0 bridgehead atoms. The molecule has 96 valence electrons. The van der Waals surface area contributed by atoms with Gasteiger partial charge in [0.25, 0.3) is 0 Å². The number of rotatable bonds is 2. The van der Waals surface area contributed by atoms with Crippen LogP contribution in [0.2, 0.25) is 0 Å². The average molecular weight is 320 g/mol. The van der Waals surface area contributed by atoms with Gasteiger partial charge in [0, 0.05) is 23.6 Å². The number of nitrogens with two attached hydrogens (primary N) is 1. The Morgan fingerprint density at radius 1 is 1.47 bits per heavy atom. The van der Waals surface area contributed by atoms with Crippen LogP contribution in [-0.2, 0) is 6.54 Å². The van der Waals surface area contributed by atoms with Crippen LogP contribution in [0.5, 0.6) is 0 Å². The zero-order valence-corrected chi connectivity index (χ0v) is 12.6. The number of hydrogen-bond acceptors (Lipinski definition) is 2. The standard InChI is InChI=1S/C13H19BrN2.ClH/c1-10-4-5-11(13(14)7-10)8-16-6-2-3-12(15)9-16;/h4-5,7,12H,2-3,6,8-9,15H2,1H3;1H. The quantitative estimate of drug-likeness (QED) is 0.907. The van der Waals surface area contributed by atoms with E-state index in [1.807, 2.05) is 0 Å². The van der Waals surface area contributed by atoms with Gasteiger partial charge in [-0.2, -0.15) is 0 Å². The Hall–Kier alpha value is -0.0900. The summed E-state index contributed by atoms with van der Waals surface area (Å²) >= 11 is 3.63. The Bertz CT molecular complexity index is 370. The first-order chi connectivity index (χ1) is 7.65. The van der Waals surface area contributed by atoms with Gasteiger partial charge in [-0.15, -0.1) is 12.4 Å². The Morgan fingerprint density at radius 2 is 2.24 bits per heavy atom. The van der Waals surface area contributed by atoms with Crippen molar-refractivity contribution in [1.29, 1.82) is 0 Å². The molecule has 2 nitrogen and oxygen atoms in total. The minimum absolute atomic E-state index is 0. The summed E-state index contributed by atoms with van der Waals surface area (Å²) in [6.07, 6.45) is 2.40. The first kappa shape index (κ1) is 15.0. The van der Waals surface area contributed by atoms with Gasteiger partial charge in [-0.05, 0) is 43.5 Å². The van der Waals surface area contributed by atoms with Crippen molar-refractivity contribution in [2.75, 3.05) is 13.1 Å². The number of benzene rings is 1. The van der Waals surface area contributed by atoms with Gasteiger partial charge in [-0.1, -0.05) is 28.1 Å². The number of likely N-dealkylation sites (tertiary alicyclic amines) is 1. The summed E-state index contributed by atoms with van der Waals surface area (Å²) < 4.78 is 1.21. The monoisotopic (exact) mass is 318 g/mol. The van der Waals surface area contributed by atoms with Gasteiger partial charge < -0.3 is 5.73 Å². The lowest BCUT2D eigenvalue weighted by molar-refractivity contribution is 0.201. The van der Waals surface area contributed by atoms with Gasteiger partial charge in [0.1, 0.15) is 0 Å². The second kappa shape index (κ2) is 6.74. The Morgan fingerprint density at radius 3 is 2.88 bits per heavy atom. The maximum absolute atomic E-state index is 5.99. The van der Waals surface area contributed by atoms with Crippen molar-refractivity contribution in [1.82, 2.24) is 4.90 Å². The van der Waals surface area contributed by atoms with Crippen LogP contribution in [0.25, 0.3) is 0 Å². The Kier molecular flexibility index (Phi) is 5.93. The van der Waals surface area contributed by atoms with Crippen LogP contribution >= 0.6 is 28.3 Å². The molecule has 1 aromatic rings. The molecule has 1 aromatic carbocycles. The number of aryl methyl sites for hydroxylation is 1. The lowest BCUT2D eigenvalue weighted by Crippen LogP contribution is -2.42. The van der Waals surface area contributed by atoms with E-state index in [-0.39, 0.29) is 12.4 Å². The van der Waals surface area contributed by atoms with E-state index < -0.39 is 0 Å². The molecule has 0 aliphatic carbocycles. The highest BCUT2D eigenvalue weighted by Crippen LogP contribution is 2.21. The lowest BCUT2D eigenvalue weighted by atomic mass is 10.1. The minimum atomic E-state index is 0. The summed E-state index contributed by atoms with van der Waals surface area (Å²) in [5.41, 5.74) is 8.65. The molecule has 2 N–H and O–H groups in total. The largest absolute Gasteiger partial charge is 0.327 e. The number of nitrogens with zero attached hydrogens (tertiary/aromatic N) is 1.